The summed E-state index contributed by atoms with van der Waals surface area (Å²) in [6.45, 7) is 3.36. The third-order valence-electron chi connectivity index (χ3n) is 2.08. The number of carbonyl (C=O) groups excluding carboxylic acids is 2. The molecule has 1 saturated carbocycles. The van der Waals surface area contributed by atoms with Crippen molar-refractivity contribution in [2.45, 2.75) is 31.7 Å². The quantitative estimate of drug-likeness (QED) is 0.618. The summed E-state index contributed by atoms with van der Waals surface area (Å²) in [6, 6.07) is 0.174. The number of hydrogen-bond donors (Lipinski definition) is 1. The van der Waals surface area contributed by atoms with E-state index in [0.29, 0.717) is 18.6 Å². The summed E-state index contributed by atoms with van der Waals surface area (Å²) in [6.07, 6.45) is 4.01. The number of amides is 1. The van der Waals surface area contributed by atoms with Gasteiger partial charge in [-0.2, -0.15) is 0 Å². The van der Waals surface area contributed by atoms with Crippen LogP contribution in [0.15, 0.2) is 12.7 Å². The summed E-state index contributed by atoms with van der Waals surface area (Å²) >= 11 is 0. The molecule has 0 heterocycles. The Bertz CT molecular complexity index is 201. The lowest BCUT2D eigenvalue weighted by atomic mass is 9.94. The van der Waals surface area contributed by atoms with Gasteiger partial charge in [0.25, 0.3) is 0 Å². The molecule has 0 bridgehead atoms. The second-order valence-electron chi connectivity index (χ2n) is 3.03. The van der Waals surface area contributed by atoms with Gasteiger partial charge in [0, 0.05) is 18.9 Å². The summed E-state index contributed by atoms with van der Waals surface area (Å²) in [5.74, 6) is 0.161. The van der Waals surface area contributed by atoms with Crippen molar-refractivity contribution in [3.63, 3.8) is 0 Å². The molecule has 0 aromatic heterocycles. The average molecular weight is 167 g/mol. The second-order valence-corrected chi connectivity index (χ2v) is 3.03. The highest BCUT2D eigenvalue weighted by Crippen LogP contribution is 2.14. The SMILES string of the molecule is C=CC(=O)NC1CCC(=O)CC1. The number of carbonyl (C=O) groups is 2. The van der Waals surface area contributed by atoms with Crippen molar-refractivity contribution in [3.05, 3.63) is 12.7 Å². The van der Waals surface area contributed by atoms with Gasteiger partial charge in [0.2, 0.25) is 5.91 Å². The number of ketones is 1. The van der Waals surface area contributed by atoms with E-state index in [0.717, 1.165) is 12.8 Å². The van der Waals surface area contributed by atoms with Gasteiger partial charge in [-0.15, -0.1) is 0 Å². The van der Waals surface area contributed by atoms with Gasteiger partial charge >= 0.3 is 0 Å². The molecule has 0 unspecified atom stereocenters. The molecule has 0 aliphatic heterocycles. The lowest BCUT2D eigenvalue weighted by Crippen LogP contribution is -2.36. The van der Waals surface area contributed by atoms with Crippen LogP contribution in [0, 0.1) is 0 Å². The van der Waals surface area contributed by atoms with E-state index in [1.165, 1.54) is 6.08 Å². The van der Waals surface area contributed by atoms with Crippen LogP contribution in [-0.4, -0.2) is 17.7 Å². The normalized spacial score (nSPS) is 18.8. The van der Waals surface area contributed by atoms with Crippen molar-refractivity contribution in [2.75, 3.05) is 0 Å². The molecule has 0 atom stereocenters. The molecule has 1 aliphatic rings. The van der Waals surface area contributed by atoms with Gasteiger partial charge < -0.3 is 5.32 Å². The molecule has 12 heavy (non-hydrogen) atoms. The summed E-state index contributed by atoms with van der Waals surface area (Å²) in [4.78, 5) is 21.7. The first kappa shape index (κ1) is 8.97. The lowest BCUT2D eigenvalue weighted by Gasteiger charge is -2.21. The predicted molar refractivity (Wildman–Crippen MR) is 45.6 cm³/mol. The molecule has 1 amide bonds. The molecule has 0 saturated heterocycles. The molecule has 0 aromatic carbocycles. The molecule has 1 fully saturated rings. The number of hydrogen-bond acceptors (Lipinski definition) is 2. The Balaban J connectivity index is 2.30. The number of Topliss-reactive ketones (excluding diaryl/α,β-unsaturated/α-hetero) is 1. The van der Waals surface area contributed by atoms with E-state index >= 15 is 0 Å². The molecule has 1 aliphatic carbocycles. The van der Waals surface area contributed by atoms with Crippen LogP contribution in [0.4, 0.5) is 0 Å². The van der Waals surface area contributed by atoms with Gasteiger partial charge in [-0.3, -0.25) is 9.59 Å². The molecule has 0 spiro atoms. The Morgan fingerprint density at radius 3 is 2.58 bits per heavy atom. The van der Waals surface area contributed by atoms with Crippen LogP contribution in [0.1, 0.15) is 25.7 Å². The molecule has 1 N–H and O–H groups in total. The van der Waals surface area contributed by atoms with Gasteiger partial charge in [-0.05, 0) is 18.9 Å². The van der Waals surface area contributed by atoms with Crippen molar-refractivity contribution in [2.24, 2.45) is 0 Å². The third kappa shape index (κ3) is 2.49. The Morgan fingerprint density at radius 1 is 1.50 bits per heavy atom. The zero-order valence-corrected chi connectivity index (χ0v) is 7.01. The fourth-order valence-electron chi connectivity index (χ4n) is 1.34. The first-order chi connectivity index (χ1) is 5.72. The molecule has 3 nitrogen and oxygen atoms in total. The van der Waals surface area contributed by atoms with Crippen LogP contribution in [-0.2, 0) is 9.59 Å². The smallest absolute Gasteiger partial charge is 0.243 e. The Labute approximate surface area is 71.8 Å². The minimum atomic E-state index is -0.144. The Morgan fingerprint density at radius 2 is 2.08 bits per heavy atom. The topological polar surface area (TPSA) is 46.2 Å². The van der Waals surface area contributed by atoms with Gasteiger partial charge in [-0.1, -0.05) is 6.58 Å². The lowest BCUT2D eigenvalue weighted by molar-refractivity contribution is -0.122. The summed E-state index contributed by atoms with van der Waals surface area (Å²) in [5.41, 5.74) is 0. The van der Waals surface area contributed by atoms with E-state index < -0.39 is 0 Å². The second kappa shape index (κ2) is 4.04. The molecule has 66 valence electrons. The molecular formula is C9H13NO2. The first-order valence-electron chi connectivity index (χ1n) is 4.17. The maximum atomic E-state index is 10.8. The zero-order valence-electron chi connectivity index (χ0n) is 7.01. The van der Waals surface area contributed by atoms with Crippen LogP contribution >= 0.6 is 0 Å². The van der Waals surface area contributed by atoms with Crippen molar-refractivity contribution < 1.29 is 9.59 Å². The van der Waals surface area contributed by atoms with E-state index in [4.69, 9.17) is 0 Å². The monoisotopic (exact) mass is 167 g/mol. The highest BCUT2D eigenvalue weighted by atomic mass is 16.1. The highest BCUT2D eigenvalue weighted by Gasteiger charge is 2.18. The maximum absolute atomic E-state index is 10.8. The van der Waals surface area contributed by atoms with Crippen LogP contribution in [0.2, 0.25) is 0 Å². The average Bonchev–Trinajstić information content (AvgIpc) is 2.09. The van der Waals surface area contributed by atoms with Crippen LogP contribution in [0.5, 0.6) is 0 Å². The van der Waals surface area contributed by atoms with Gasteiger partial charge in [-0.25, -0.2) is 0 Å². The van der Waals surface area contributed by atoms with E-state index in [9.17, 15) is 9.59 Å². The summed E-state index contributed by atoms with van der Waals surface area (Å²) in [7, 11) is 0. The van der Waals surface area contributed by atoms with E-state index in [2.05, 4.69) is 11.9 Å². The number of nitrogens with one attached hydrogen (secondary N) is 1. The molecular weight excluding hydrogens is 154 g/mol. The summed E-state index contributed by atoms with van der Waals surface area (Å²) < 4.78 is 0. The standard InChI is InChI=1S/C9H13NO2/c1-2-9(12)10-7-3-5-8(11)6-4-7/h2,7H,1,3-6H2,(H,10,12). The Hall–Kier alpha value is -1.12. The van der Waals surface area contributed by atoms with Crippen LogP contribution in [0.3, 0.4) is 0 Å². The van der Waals surface area contributed by atoms with Crippen molar-refractivity contribution >= 4 is 11.7 Å². The van der Waals surface area contributed by atoms with E-state index in [1.807, 2.05) is 0 Å². The molecule has 3 heteroatoms. The van der Waals surface area contributed by atoms with Gasteiger partial charge in [0.05, 0.1) is 0 Å². The van der Waals surface area contributed by atoms with Crippen molar-refractivity contribution in [3.8, 4) is 0 Å². The molecule has 0 aromatic rings. The number of rotatable bonds is 2. The van der Waals surface area contributed by atoms with E-state index in [1.54, 1.807) is 0 Å². The maximum Gasteiger partial charge on any atom is 0.243 e. The predicted octanol–water partition coefficient (Wildman–Crippen LogP) is 0.800. The largest absolute Gasteiger partial charge is 0.350 e. The fraction of sp³-hybridized carbons (Fsp3) is 0.556. The minimum absolute atomic E-state index is 0.144. The first-order valence-corrected chi connectivity index (χ1v) is 4.17. The summed E-state index contributed by atoms with van der Waals surface area (Å²) in [5, 5.41) is 2.78. The van der Waals surface area contributed by atoms with Crippen LogP contribution < -0.4 is 5.32 Å². The Kier molecular flexibility index (Phi) is 3.02. The van der Waals surface area contributed by atoms with Gasteiger partial charge in [0.1, 0.15) is 5.78 Å². The highest BCUT2D eigenvalue weighted by molar-refractivity contribution is 5.87. The van der Waals surface area contributed by atoms with Crippen molar-refractivity contribution in [1.29, 1.82) is 0 Å². The third-order valence-corrected chi connectivity index (χ3v) is 2.08. The van der Waals surface area contributed by atoms with E-state index in [-0.39, 0.29) is 11.9 Å². The molecule has 0 radical (unpaired) electrons. The minimum Gasteiger partial charge on any atom is -0.350 e. The molecule has 1 rings (SSSR count). The van der Waals surface area contributed by atoms with Gasteiger partial charge in [0.15, 0.2) is 0 Å². The van der Waals surface area contributed by atoms with Crippen LogP contribution in [0.25, 0.3) is 0 Å². The van der Waals surface area contributed by atoms with Crippen molar-refractivity contribution in [1.82, 2.24) is 5.32 Å². The zero-order chi connectivity index (χ0) is 8.97. The fourth-order valence-corrected chi connectivity index (χ4v) is 1.34.